The molecule has 0 aliphatic carbocycles. The SMILES string of the molecule is CCN1CCCC1CN(C)Cc1cc(C)c(C(=O)O)o1. The van der Waals surface area contributed by atoms with E-state index >= 15 is 0 Å². The molecule has 0 radical (unpaired) electrons. The molecule has 5 nitrogen and oxygen atoms in total. The molecule has 1 N–H and O–H groups in total. The van der Waals surface area contributed by atoms with Gasteiger partial charge in [-0.3, -0.25) is 9.80 Å². The molecule has 20 heavy (non-hydrogen) atoms. The molecule has 5 heteroatoms. The molecule has 1 saturated heterocycles. The molecule has 1 aliphatic rings. The second-order valence-corrected chi connectivity index (χ2v) is 5.65. The Kier molecular flexibility index (Phi) is 4.83. The molecular formula is C15H24N2O3. The minimum absolute atomic E-state index is 0.0597. The van der Waals surface area contributed by atoms with E-state index in [1.807, 2.05) is 6.07 Å². The van der Waals surface area contributed by atoms with Crippen molar-refractivity contribution in [3.05, 3.63) is 23.2 Å². The predicted molar refractivity (Wildman–Crippen MR) is 77.0 cm³/mol. The average Bonchev–Trinajstić information content (AvgIpc) is 2.95. The highest BCUT2D eigenvalue weighted by Gasteiger charge is 2.24. The van der Waals surface area contributed by atoms with Crippen LogP contribution in [0.2, 0.25) is 0 Å². The van der Waals surface area contributed by atoms with Gasteiger partial charge < -0.3 is 9.52 Å². The summed E-state index contributed by atoms with van der Waals surface area (Å²) in [7, 11) is 2.06. The van der Waals surface area contributed by atoms with Crippen LogP contribution in [0.1, 0.15) is 41.6 Å². The Morgan fingerprint density at radius 3 is 2.95 bits per heavy atom. The van der Waals surface area contributed by atoms with Gasteiger partial charge in [0, 0.05) is 18.2 Å². The first kappa shape index (κ1) is 15.1. The lowest BCUT2D eigenvalue weighted by molar-refractivity contribution is 0.0657. The summed E-state index contributed by atoms with van der Waals surface area (Å²) in [5.41, 5.74) is 0.692. The van der Waals surface area contributed by atoms with Gasteiger partial charge in [0.25, 0.3) is 0 Å². The highest BCUT2D eigenvalue weighted by molar-refractivity contribution is 5.86. The number of likely N-dealkylation sites (tertiary alicyclic amines) is 1. The molecule has 1 atom stereocenters. The minimum Gasteiger partial charge on any atom is -0.475 e. The molecule has 0 aromatic carbocycles. The van der Waals surface area contributed by atoms with Crippen LogP contribution in [0.25, 0.3) is 0 Å². The first-order chi connectivity index (χ1) is 9.51. The standard InChI is InChI=1S/C15H24N2O3/c1-4-17-7-5-6-12(17)9-16(3)10-13-8-11(2)14(20-13)15(18)19/h8,12H,4-7,9-10H2,1-3H3,(H,18,19). The van der Waals surface area contributed by atoms with Crippen molar-refractivity contribution in [1.82, 2.24) is 9.80 Å². The summed E-state index contributed by atoms with van der Waals surface area (Å²) >= 11 is 0. The van der Waals surface area contributed by atoms with Crippen molar-refractivity contribution in [2.75, 3.05) is 26.7 Å². The molecule has 0 bridgehead atoms. The molecule has 112 valence electrons. The fourth-order valence-electron chi connectivity index (χ4n) is 3.05. The number of hydrogen-bond acceptors (Lipinski definition) is 4. The first-order valence-corrected chi connectivity index (χ1v) is 7.26. The van der Waals surface area contributed by atoms with Crippen molar-refractivity contribution in [3.63, 3.8) is 0 Å². The van der Waals surface area contributed by atoms with Crippen LogP contribution in [-0.4, -0.2) is 53.6 Å². The van der Waals surface area contributed by atoms with Crippen molar-refractivity contribution in [3.8, 4) is 0 Å². The van der Waals surface area contributed by atoms with Gasteiger partial charge in [0.1, 0.15) is 5.76 Å². The molecule has 1 fully saturated rings. The molecule has 2 heterocycles. The monoisotopic (exact) mass is 280 g/mol. The normalized spacial score (nSPS) is 19.9. The number of carboxylic acids is 1. The number of carbonyl (C=O) groups is 1. The zero-order chi connectivity index (χ0) is 14.7. The van der Waals surface area contributed by atoms with Crippen LogP contribution in [0.5, 0.6) is 0 Å². The Morgan fingerprint density at radius 2 is 2.35 bits per heavy atom. The van der Waals surface area contributed by atoms with Crippen molar-refractivity contribution in [2.45, 2.75) is 39.3 Å². The smallest absolute Gasteiger partial charge is 0.372 e. The number of carboxylic acid groups (broad SMARTS) is 1. The van der Waals surface area contributed by atoms with Gasteiger partial charge in [-0.15, -0.1) is 0 Å². The minimum atomic E-state index is -0.996. The van der Waals surface area contributed by atoms with Crippen molar-refractivity contribution < 1.29 is 14.3 Å². The van der Waals surface area contributed by atoms with Crippen molar-refractivity contribution in [2.24, 2.45) is 0 Å². The number of aromatic carboxylic acids is 1. The lowest BCUT2D eigenvalue weighted by Crippen LogP contribution is -2.38. The van der Waals surface area contributed by atoms with E-state index in [4.69, 9.17) is 9.52 Å². The van der Waals surface area contributed by atoms with Crippen LogP contribution in [0, 0.1) is 6.92 Å². The fraction of sp³-hybridized carbons (Fsp3) is 0.667. The number of hydrogen-bond donors (Lipinski definition) is 1. The number of furan rings is 1. The van der Waals surface area contributed by atoms with E-state index in [9.17, 15) is 4.79 Å². The molecular weight excluding hydrogens is 256 g/mol. The zero-order valence-corrected chi connectivity index (χ0v) is 12.6. The number of rotatable bonds is 6. The summed E-state index contributed by atoms with van der Waals surface area (Å²) in [4.78, 5) is 15.7. The van der Waals surface area contributed by atoms with Gasteiger partial charge in [0.2, 0.25) is 5.76 Å². The number of nitrogens with zero attached hydrogens (tertiary/aromatic N) is 2. The molecule has 2 rings (SSSR count). The van der Waals surface area contributed by atoms with E-state index in [0.29, 0.717) is 18.2 Å². The van der Waals surface area contributed by atoms with Gasteiger partial charge in [0.05, 0.1) is 6.54 Å². The average molecular weight is 280 g/mol. The predicted octanol–water partition coefficient (Wildman–Crippen LogP) is 2.20. The lowest BCUT2D eigenvalue weighted by Gasteiger charge is -2.27. The highest BCUT2D eigenvalue weighted by Crippen LogP contribution is 2.19. The van der Waals surface area contributed by atoms with Crippen molar-refractivity contribution >= 4 is 5.97 Å². The second kappa shape index (κ2) is 6.41. The van der Waals surface area contributed by atoms with Gasteiger partial charge in [-0.25, -0.2) is 4.79 Å². The molecule has 0 amide bonds. The molecule has 0 spiro atoms. The maximum absolute atomic E-state index is 11.0. The van der Waals surface area contributed by atoms with E-state index in [1.54, 1.807) is 6.92 Å². The Labute approximate surface area is 120 Å². The summed E-state index contributed by atoms with van der Waals surface area (Å²) in [5, 5.41) is 9.00. The summed E-state index contributed by atoms with van der Waals surface area (Å²) in [5.74, 6) is -0.211. The Hall–Kier alpha value is -1.33. The van der Waals surface area contributed by atoms with Crippen molar-refractivity contribution in [1.29, 1.82) is 0 Å². The van der Waals surface area contributed by atoms with Crippen LogP contribution < -0.4 is 0 Å². The third kappa shape index (κ3) is 3.41. The highest BCUT2D eigenvalue weighted by atomic mass is 16.4. The number of likely N-dealkylation sites (N-methyl/N-ethyl adjacent to an activating group) is 2. The van der Waals surface area contributed by atoms with Crippen LogP contribution in [0.3, 0.4) is 0 Å². The largest absolute Gasteiger partial charge is 0.475 e. The maximum atomic E-state index is 11.0. The third-order valence-electron chi connectivity index (χ3n) is 4.02. The van der Waals surface area contributed by atoms with Crippen LogP contribution in [0.15, 0.2) is 10.5 Å². The van der Waals surface area contributed by atoms with Gasteiger partial charge >= 0.3 is 5.97 Å². The summed E-state index contributed by atoms with van der Waals surface area (Å²) in [6.45, 7) is 7.91. The van der Waals surface area contributed by atoms with Gasteiger partial charge in [0.15, 0.2) is 0 Å². The van der Waals surface area contributed by atoms with Crippen LogP contribution in [-0.2, 0) is 6.54 Å². The third-order valence-corrected chi connectivity index (χ3v) is 4.02. The lowest BCUT2D eigenvalue weighted by atomic mass is 10.2. The summed E-state index contributed by atoms with van der Waals surface area (Å²) in [6.07, 6.45) is 2.52. The van der Waals surface area contributed by atoms with Gasteiger partial charge in [-0.2, -0.15) is 0 Å². The summed E-state index contributed by atoms with van der Waals surface area (Å²) in [6, 6.07) is 2.44. The Balaban J connectivity index is 1.92. The van der Waals surface area contributed by atoms with E-state index in [1.165, 1.54) is 19.4 Å². The molecule has 1 aromatic heterocycles. The van der Waals surface area contributed by atoms with E-state index < -0.39 is 5.97 Å². The topological polar surface area (TPSA) is 56.9 Å². The molecule has 1 aliphatic heterocycles. The van der Waals surface area contributed by atoms with Gasteiger partial charge in [-0.05, 0) is 46.0 Å². The fourth-order valence-corrected chi connectivity index (χ4v) is 3.05. The second-order valence-electron chi connectivity index (χ2n) is 5.65. The molecule has 1 unspecified atom stereocenters. The first-order valence-electron chi connectivity index (χ1n) is 7.26. The Bertz CT molecular complexity index is 470. The molecule has 1 aromatic rings. The van der Waals surface area contributed by atoms with Crippen LogP contribution >= 0.6 is 0 Å². The van der Waals surface area contributed by atoms with Gasteiger partial charge in [-0.1, -0.05) is 6.92 Å². The molecule has 0 saturated carbocycles. The quantitative estimate of drug-likeness (QED) is 0.865. The van der Waals surface area contributed by atoms with E-state index in [0.717, 1.165) is 18.8 Å². The summed E-state index contributed by atoms with van der Waals surface area (Å²) < 4.78 is 5.41. The maximum Gasteiger partial charge on any atom is 0.372 e. The zero-order valence-electron chi connectivity index (χ0n) is 12.6. The Morgan fingerprint density at radius 1 is 1.60 bits per heavy atom. The van der Waals surface area contributed by atoms with E-state index in [-0.39, 0.29) is 5.76 Å². The number of aryl methyl sites for hydroxylation is 1. The van der Waals surface area contributed by atoms with E-state index in [2.05, 4.69) is 23.8 Å². The van der Waals surface area contributed by atoms with Crippen LogP contribution in [0.4, 0.5) is 0 Å².